The third kappa shape index (κ3) is 3.05. The van der Waals surface area contributed by atoms with Crippen LogP contribution in [-0.4, -0.2) is 56.5 Å². The Morgan fingerprint density at radius 1 is 1.45 bits per heavy atom. The molecule has 9 nitrogen and oxygen atoms in total. The number of rotatable bonds is 4. The van der Waals surface area contributed by atoms with E-state index in [4.69, 9.17) is 23.1 Å². The van der Waals surface area contributed by atoms with Crippen LogP contribution in [0.3, 0.4) is 0 Å². The minimum atomic E-state index is -1.28. The molecule has 1 fully saturated rings. The molecule has 2 atom stereocenters. The summed E-state index contributed by atoms with van der Waals surface area (Å²) in [6.07, 6.45) is 0. The van der Waals surface area contributed by atoms with Gasteiger partial charge in [0.25, 0.3) is 5.91 Å². The van der Waals surface area contributed by atoms with E-state index in [1.54, 1.807) is 6.07 Å². The van der Waals surface area contributed by atoms with Crippen LogP contribution < -0.4 is 16.4 Å². The molecule has 0 spiro atoms. The van der Waals surface area contributed by atoms with Gasteiger partial charge >= 0.3 is 5.97 Å². The number of aromatic nitrogens is 1. The second kappa shape index (κ2) is 7.17. The van der Waals surface area contributed by atoms with Crippen molar-refractivity contribution in [3.8, 4) is 0 Å². The van der Waals surface area contributed by atoms with E-state index >= 15 is 0 Å². The third-order valence-corrected chi connectivity index (χ3v) is 7.28. The molecule has 152 valence electrons. The molecule has 0 aliphatic carbocycles. The van der Waals surface area contributed by atoms with Crippen LogP contribution in [-0.2, 0) is 14.4 Å². The minimum absolute atomic E-state index is 0.0903. The zero-order valence-corrected chi connectivity index (χ0v) is 17.5. The van der Waals surface area contributed by atoms with Crippen LogP contribution >= 0.6 is 34.7 Å². The summed E-state index contributed by atoms with van der Waals surface area (Å²) in [7, 11) is 0. The highest BCUT2D eigenvalue weighted by atomic mass is 35.5. The van der Waals surface area contributed by atoms with Crippen LogP contribution in [0.4, 0.5) is 10.8 Å². The Balaban J connectivity index is 1.83. The molecule has 0 radical (unpaired) electrons. The maximum Gasteiger partial charge on any atom is 0.353 e. The Hall–Kier alpha value is -2.34. The standard InChI is InChI=1S/C17H16ClN5O4S2/c1-6-2-8(11-9(3-6)29-17(20)21-11)22(10(24)4-19)13-14(25)23-12(16(26)27)7(18)5-28-15(13)23/h2-3,13,15H,4-5,19H2,1H3,(H2,20,21)(H,26,27). The van der Waals surface area contributed by atoms with E-state index < -0.39 is 29.2 Å². The normalized spacial score (nSPS) is 21.2. The summed E-state index contributed by atoms with van der Waals surface area (Å²) in [6.45, 7) is 1.54. The summed E-state index contributed by atoms with van der Waals surface area (Å²) in [4.78, 5) is 44.2. The first kappa shape index (κ1) is 20.0. The number of thioether (sulfide) groups is 1. The molecule has 29 heavy (non-hydrogen) atoms. The number of anilines is 2. The number of hydrogen-bond donors (Lipinski definition) is 3. The van der Waals surface area contributed by atoms with Gasteiger partial charge in [-0.05, 0) is 24.6 Å². The highest BCUT2D eigenvalue weighted by Crippen LogP contribution is 2.45. The fourth-order valence-electron chi connectivity index (χ4n) is 3.55. The Kier molecular flexibility index (Phi) is 4.93. The summed E-state index contributed by atoms with van der Waals surface area (Å²) >= 11 is 8.61. The van der Waals surface area contributed by atoms with Crippen molar-refractivity contribution < 1.29 is 19.5 Å². The summed E-state index contributed by atoms with van der Waals surface area (Å²) in [5.41, 5.74) is 13.0. The van der Waals surface area contributed by atoms with Crippen LogP contribution in [0.25, 0.3) is 10.2 Å². The van der Waals surface area contributed by atoms with Crippen molar-refractivity contribution in [1.82, 2.24) is 9.88 Å². The van der Waals surface area contributed by atoms with E-state index in [0.717, 1.165) is 15.2 Å². The smallest absolute Gasteiger partial charge is 0.353 e. The van der Waals surface area contributed by atoms with E-state index in [2.05, 4.69) is 4.98 Å². The fraction of sp³-hybridized carbons (Fsp3) is 0.294. The molecular formula is C17H16ClN5O4S2. The molecular weight excluding hydrogens is 438 g/mol. The first-order valence-electron chi connectivity index (χ1n) is 8.50. The number of β-lactam (4-membered cyclic amide) rings is 1. The number of halogens is 1. The molecule has 1 aromatic carbocycles. The largest absolute Gasteiger partial charge is 0.477 e. The van der Waals surface area contributed by atoms with Crippen LogP contribution in [0, 0.1) is 6.92 Å². The Morgan fingerprint density at radius 2 is 2.17 bits per heavy atom. The van der Waals surface area contributed by atoms with E-state index in [-0.39, 0.29) is 23.0 Å². The number of carbonyl (C=O) groups is 3. The molecule has 1 aromatic heterocycles. The monoisotopic (exact) mass is 453 g/mol. The molecule has 2 unspecified atom stereocenters. The Labute approximate surface area is 178 Å². The number of benzene rings is 1. The molecule has 0 saturated carbocycles. The number of hydrogen-bond acceptors (Lipinski definition) is 8. The van der Waals surface area contributed by atoms with Gasteiger partial charge in [0, 0.05) is 5.75 Å². The van der Waals surface area contributed by atoms with Crippen LogP contribution in [0.2, 0.25) is 0 Å². The number of fused-ring (bicyclic) bond motifs is 2. The topological polar surface area (TPSA) is 143 Å². The van der Waals surface area contributed by atoms with Gasteiger partial charge in [-0.3, -0.25) is 19.4 Å². The maximum absolute atomic E-state index is 13.0. The molecule has 2 aromatic rings. The first-order chi connectivity index (χ1) is 13.7. The predicted molar refractivity (Wildman–Crippen MR) is 113 cm³/mol. The summed E-state index contributed by atoms with van der Waals surface area (Å²) < 4.78 is 0.779. The zero-order valence-electron chi connectivity index (χ0n) is 15.1. The number of thiazole rings is 1. The van der Waals surface area contributed by atoms with E-state index in [9.17, 15) is 19.5 Å². The quantitative estimate of drug-likeness (QED) is 0.588. The van der Waals surface area contributed by atoms with Gasteiger partial charge in [-0.15, -0.1) is 11.8 Å². The number of carbonyl (C=O) groups excluding carboxylic acids is 2. The van der Waals surface area contributed by atoms with E-state index in [1.807, 2.05) is 13.0 Å². The number of amides is 2. The maximum atomic E-state index is 13.0. The average Bonchev–Trinajstić information content (AvgIpc) is 3.04. The molecule has 4 rings (SSSR count). The number of nitrogens with zero attached hydrogens (tertiary/aromatic N) is 3. The number of aliphatic carboxylic acids is 1. The molecule has 12 heteroatoms. The van der Waals surface area contributed by atoms with Gasteiger partial charge in [-0.2, -0.15) is 0 Å². The fourth-order valence-corrected chi connectivity index (χ4v) is 6.00. The average molecular weight is 454 g/mol. The lowest BCUT2D eigenvalue weighted by atomic mass is 10.0. The third-order valence-electron chi connectivity index (χ3n) is 4.71. The van der Waals surface area contributed by atoms with Crippen LogP contribution in [0.5, 0.6) is 0 Å². The molecule has 3 heterocycles. The zero-order chi connectivity index (χ0) is 21.0. The lowest BCUT2D eigenvalue weighted by molar-refractivity contribution is -0.148. The van der Waals surface area contributed by atoms with Gasteiger partial charge in [-0.1, -0.05) is 22.9 Å². The highest BCUT2D eigenvalue weighted by Gasteiger charge is 2.57. The van der Waals surface area contributed by atoms with E-state index in [0.29, 0.717) is 16.3 Å². The Bertz CT molecular complexity index is 1100. The second-order valence-electron chi connectivity index (χ2n) is 6.56. The first-order valence-corrected chi connectivity index (χ1v) is 10.7. The highest BCUT2D eigenvalue weighted by molar-refractivity contribution is 8.00. The van der Waals surface area contributed by atoms with Crippen molar-refractivity contribution in [1.29, 1.82) is 0 Å². The van der Waals surface area contributed by atoms with Crippen LogP contribution in [0.15, 0.2) is 22.9 Å². The van der Waals surface area contributed by atoms with E-state index in [1.165, 1.54) is 28.0 Å². The van der Waals surface area contributed by atoms with Crippen molar-refractivity contribution in [3.63, 3.8) is 0 Å². The molecule has 2 amide bonds. The van der Waals surface area contributed by atoms with Crippen LogP contribution in [0.1, 0.15) is 5.56 Å². The molecule has 0 bridgehead atoms. The van der Waals surface area contributed by atoms with Gasteiger partial charge in [0.1, 0.15) is 22.6 Å². The SMILES string of the molecule is Cc1cc(N(C(=O)CN)C2C(=O)N3C(C(=O)O)=C(Cl)CSC23)c2nc(N)sc2c1. The number of nitrogens with two attached hydrogens (primary N) is 2. The van der Waals surface area contributed by atoms with Crippen molar-refractivity contribution in [3.05, 3.63) is 28.4 Å². The molecule has 5 N–H and O–H groups in total. The molecule has 1 saturated heterocycles. The second-order valence-corrected chi connectivity index (χ2v) is 9.19. The Morgan fingerprint density at radius 3 is 2.83 bits per heavy atom. The van der Waals surface area contributed by atoms with Crippen molar-refractivity contribution in [2.45, 2.75) is 18.3 Å². The summed E-state index contributed by atoms with van der Waals surface area (Å²) in [5, 5.41) is 9.30. The predicted octanol–water partition coefficient (Wildman–Crippen LogP) is 1.30. The van der Waals surface area contributed by atoms with Gasteiger partial charge in [0.2, 0.25) is 5.91 Å². The lowest BCUT2D eigenvalue weighted by Crippen LogP contribution is -2.72. The van der Waals surface area contributed by atoms with Crippen molar-refractivity contribution in [2.75, 3.05) is 22.9 Å². The minimum Gasteiger partial charge on any atom is -0.477 e. The van der Waals surface area contributed by atoms with Gasteiger partial charge < -0.3 is 16.6 Å². The van der Waals surface area contributed by atoms with Gasteiger partial charge in [0.05, 0.1) is 22.0 Å². The molecule has 2 aliphatic heterocycles. The molecule has 2 aliphatic rings. The van der Waals surface area contributed by atoms with Gasteiger partial charge in [0.15, 0.2) is 5.13 Å². The number of nitrogen functional groups attached to an aromatic ring is 1. The lowest BCUT2D eigenvalue weighted by Gasteiger charge is -2.52. The number of carboxylic acids is 1. The number of carboxylic acid groups (broad SMARTS) is 1. The summed E-state index contributed by atoms with van der Waals surface area (Å²) in [6, 6.07) is 2.73. The van der Waals surface area contributed by atoms with Crippen molar-refractivity contribution >= 4 is 73.5 Å². The van der Waals surface area contributed by atoms with Gasteiger partial charge in [-0.25, -0.2) is 9.78 Å². The summed E-state index contributed by atoms with van der Waals surface area (Å²) in [5.74, 6) is -2.06. The number of aryl methyl sites for hydroxylation is 1. The van der Waals surface area contributed by atoms with Crippen molar-refractivity contribution in [2.24, 2.45) is 5.73 Å².